The molecule has 0 saturated carbocycles. The number of anilines is 2. The minimum atomic E-state index is -0.350. The fraction of sp³-hybridized carbons (Fsp3) is 0.136. The van der Waals surface area contributed by atoms with Crippen molar-refractivity contribution >= 4 is 35.1 Å². The smallest absolute Gasteiger partial charge is 0.319 e. The molecule has 0 aliphatic rings. The van der Waals surface area contributed by atoms with E-state index in [9.17, 15) is 14.0 Å². The molecule has 0 aliphatic carbocycles. The molecular formula is C22H21FN4O2S. The summed E-state index contributed by atoms with van der Waals surface area (Å²) in [6, 6.07) is 16.6. The number of benzene rings is 2. The summed E-state index contributed by atoms with van der Waals surface area (Å²) in [6.07, 6.45) is 3.56. The van der Waals surface area contributed by atoms with Gasteiger partial charge in [-0.05, 0) is 48.0 Å². The fourth-order valence-electron chi connectivity index (χ4n) is 2.57. The van der Waals surface area contributed by atoms with E-state index in [0.717, 1.165) is 5.56 Å². The third-order valence-electron chi connectivity index (χ3n) is 4.03. The van der Waals surface area contributed by atoms with Crippen LogP contribution in [0.5, 0.6) is 0 Å². The van der Waals surface area contributed by atoms with E-state index in [2.05, 4.69) is 20.9 Å². The Hall–Kier alpha value is -3.39. The molecule has 0 spiro atoms. The van der Waals surface area contributed by atoms with Gasteiger partial charge in [-0.15, -0.1) is 11.8 Å². The fourth-order valence-corrected chi connectivity index (χ4v) is 3.46. The first-order chi connectivity index (χ1) is 14.6. The zero-order valence-electron chi connectivity index (χ0n) is 16.1. The first-order valence-corrected chi connectivity index (χ1v) is 10.3. The molecule has 6 nitrogen and oxygen atoms in total. The molecule has 154 valence electrons. The van der Waals surface area contributed by atoms with Crippen LogP contribution in [-0.4, -0.2) is 22.7 Å². The van der Waals surface area contributed by atoms with Crippen LogP contribution in [0.25, 0.3) is 0 Å². The molecule has 0 radical (unpaired) electrons. The van der Waals surface area contributed by atoms with E-state index in [1.54, 1.807) is 54.9 Å². The van der Waals surface area contributed by atoms with Crippen molar-refractivity contribution in [2.75, 3.05) is 16.4 Å². The van der Waals surface area contributed by atoms with Crippen molar-refractivity contribution in [3.63, 3.8) is 0 Å². The molecule has 1 heterocycles. The van der Waals surface area contributed by atoms with Gasteiger partial charge >= 0.3 is 6.03 Å². The summed E-state index contributed by atoms with van der Waals surface area (Å²) >= 11 is 1.30. The van der Waals surface area contributed by atoms with Crippen LogP contribution in [0.4, 0.5) is 20.6 Å². The number of rotatable bonds is 8. The van der Waals surface area contributed by atoms with Crippen molar-refractivity contribution in [2.24, 2.45) is 0 Å². The second-order valence-electron chi connectivity index (χ2n) is 6.32. The highest BCUT2D eigenvalue weighted by Gasteiger charge is 2.07. The van der Waals surface area contributed by atoms with E-state index in [1.807, 2.05) is 12.1 Å². The van der Waals surface area contributed by atoms with Crippen molar-refractivity contribution in [1.82, 2.24) is 10.3 Å². The lowest BCUT2D eigenvalue weighted by Gasteiger charge is -2.10. The first kappa shape index (κ1) is 21.3. The molecule has 0 fully saturated rings. The topological polar surface area (TPSA) is 83.1 Å². The van der Waals surface area contributed by atoms with Gasteiger partial charge in [-0.25, -0.2) is 9.18 Å². The van der Waals surface area contributed by atoms with E-state index in [0.29, 0.717) is 28.6 Å². The maximum absolute atomic E-state index is 13.6. The van der Waals surface area contributed by atoms with Crippen LogP contribution in [0.2, 0.25) is 0 Å². The van der Waals surface area contributed by atoms with Gasteiger partial charge in [-0.2, -0.15) is 0 Å². The number of halogens is 1. The number of hydrogen-bond acceptors (Lipinski definition) is 4. The minimum absolute atomic E-state index is 0.182. The van der Waals surface area contributed by atoms with Crippen molar-refractivity contribution in [3.8, 4) is 0 Å². The van der Waals surface area contributed by atoms with Gasteiger partial charge in [0.1, 0.15) is 5.82 Å². The predicted octanol–water partition coefficient (Wildman–Crippen LogP) is 4.66. The standard InChI is InChI=1S/C22H21FN4O2S/c23-19-6-1-2-7-20(19)30-13-10-21(28)26-17-4-3-5-18(14-17)27-22(29)25-15-16-8-11-24-12-9-16/h1-9,11-12,14H,10,13,15H2,(H,26,28)(H2,25,27,29). The SMILES string of the molecule is O=C(CCSc1ccccc1F)Nc1cccc(NC(=O)NCc2ccncc2)c1. The normalized spacial score (nSPS) is 10.3. The molecule has 0 unspecified atom stereocenters. The lowest BCUT2D eigenvalue weighted by Crippen LogP contribution is -2.28. The number of amides is 3. The zero-order valence-corrected chi connectivity index (χ0v) is 16.9. The zero-order chi connectivity index (χ0) is 21.2. The molecule has 0 aliphatic heterocycles. The average Bonchev–Trinajstić information content (AvgIpc) is 2.75. The van der Waals surface area contributed by atoms with Crippen LogP contribution < -0.4 is 16.0 Å². The molecule has 0 bridgehead atoms. The molecule has 3 aromatic rings. The number of nitrogens with one attached hydrogen (secondary N) is 3. The Bertz CT molecular complexity index is 1000. The second-order valence-corrected chi connectivity index (χ2v) is 7.46. The molecule has 1 aromatic heterocycles. The molecule has 3 rings (SSSR count). The number of carbonyl (C=O) groups excluding carboxylic acids is 2. The largest absolute Gasteiger partial charge is 0.334 e. The number of pyridine rings is 1. The lowest BCUT2D eigenvalue weighted by atomic mass is 10.2. The molecule has 2 aromatic carbocycles. The Morgan fingerprint density at radius 1 is 0.933 bits per heavy atom. The Morgan fingerprint density at radius 3 is 2.43 bits per heavy atom. The van der Waals surface area contributed by atoms with Gasteiger partial charge in [0, 0.05) is 47.4 Å². The molecule has 8 heteroatoms. The highest BCUT2D eigenvalue weighted by molar-refractivity contribution is 7.99. The molecule has 0 atom stereocenters. The number of aromatic nitrogens is 1. The second kappa shape index (κ2) is 11.0. The van der Waals surface area contributed by atoms with E-state index in [1.165, 1.54) is 17.8 Å². The highest BCUT2D eigenvalue weighted by Crippen LogP contribution is 2.22. The summed E-state index contributed by atoms with van der Waals surface area (Å²) in [5, 5.41) is 8.28. The lowest BCUT2D eigenvalue weighted by molar-refractivity contribution is -0.115. The van der Waals surface area contributed by atoms with Crippen LogP contribution in [0.1, 0.15) is 12.0 Å². The number of carbonyl (C=O) groups is 2. The van der Waals surface area contributed by atoms with Crippen molar-refractivity contribution in [1.29, 1.82) is 0 Å². The van der Waals surface area contributed by atoms with Gasteiger partial charge in [0.2, 0.25) is 5.91 Å². The van der Waals surface area contributed by atoms with Gasteiger partial charge in [-0.1, -0.05) is 18.2 Å². The Balaban J connectivity index is 1.44. The molecule has 0 saturated heterocycles. The number of urea groups is 1. The van der Waals surface area contributed by atoms with Gasteiger partial charge in [0.25, 0.3) is 0 Å². The summed E-state index contributed by atoms with van der Waals surface area (Å²) in [6.45, 7) is 0.379. The molecule has 3 amide bonds. The van der Waals surface area contributed by atoms with Crippen LogP contribution >= 0.6 is 11.8 Å². The van der Waals surface area contributed by atoms with Crippen molar-refractivity contribution < 1.29 is 14.0 Å². The van der Waals surface area contributed by atoms with Crippen LogP contribution in [0, 0.1) is 5.82 Å². The third-order valence-corrected chi connectivity index (χ3v) is 5.08. The van der Waals surface area contributed by atoms with Crippen LogP contribution in [-0.2, 0) is 11.3 Å². The van der Waals surface area contributed by atoms with Gasteiger partial charge in [-0.3, -0.25) is 9.78 Å². The van der Waals surface area contributed by atoms with Gasteiger partial charge < -0.3 is 16.0 Å². The Kier molecular flexibility index (Phi) is 7.79. The predicted molar refractivity (Wildman–Crippen MR) is 117 cm³/mol. The minimum Gasteiger partial charge on any atom is -0.334 e. The summed E-state index contributed by atoms with van der Waals surface area (Å²) in [7, 11) is 0. The Morgan fingerprint density at radius 2 is 1.67 bits per heavy atom. The Labute approximate surface area is 178 Å². The first-order valence-electron chi connectivity index (χ1n) is 9.31. The van der Waals surface area contributed by atoms with E-state index in [4.69, 9.17) is 0 Å². The molecular weight excluding hydrogens is 403 g/mol. The van der Waals surface area contributed by atoms with Gasteiger partial charge in [0.05, 0.1) is 0 Å². The maximum Gasteiger partial charge on any atom is 0.319 e. The highest BCUT2D eigenvalue weighted by atomic mass is 32.2. The number of thioether (sulfide) groups is 1. The number of hydrogen-bond donors (Lipinski definition) is 3. The van der Waals surface area contributed by atoms with E-state index < -0.39 is 0 Å². The monoisotopic (exact) mass is 424 g/mol. The summed E-state index contributed by atoms with van der Waals surface area (Å²) in [5.74, 6) is -0.00992. The van der Waals surface area contributed by atoms with Gasteiger partial charge in [0.15, 0.2) is 0 Å². The van der Waals surface area contributed by atoms with E-state index in [-0.39, 0.29) is 24.2 Å². The van der Waals surface area contributed by atoms with Crippen molar-refractivity contribution in [3.05, 3.63) is 84.4 Å². The number of nitrogens with zero attached hydrogens (tertiary/aromatic N) is 1. The third kappa shape index (κ3) is 6.89. The summed E-state index contributed by atoms with van der Waals surface area (Å²) in [5.41, 5.74) is 2.07. The summed E-state index contributed by atoms with van der Waals surface area (Å²) < 4.78 is 13.6. The molecule has 30 heavy (non-hydrogen) atoms. The van der Waals surface area contributed by atoms with Crippen LogP contribution in [0.15, 0.2) is 78.0 Å². The van der Waals surface area contributed by atoms with E-state index >= 15 is 0 Å². The quantitative estimate of drug-likeness (QED) is 0.459. The van der Waals surface area contributed by atoms with Crippen molar-refractivity contribution in [2.45, 2.75) is 17.9 Å². The molecule has 3 N–H and O–H groups in total. The average molecular weight is 425 g/mol. The maximum atomic E-state index is 13.6. The summed E-state index contributed by atoms with van der Waals surface area (Å²) in [4.78, 5) is 28.7. The van der Waals surface area contributed by atoms with Crippen LogP contribution in [0.3, 0.4) is 0 Å².